The van der Waals surface area contributed by atoms with E-state index in [-0.39, 0.29) is 24.8 Å². The summed E-state index contributed by atoms with van der Waals surface area (Å²) < 4.78 is 1.68. The van der Waals surface area contributed by atoms with Crippen LogP contribution in [0.2, 0.25) is 0 Å². The van der Waals surface area contributed by atoms with E-state index < -0.39 is 0 Å². The van der Waals surface area contributed by atoms with Crippen molar-refractivity contribution in [3.8, 4) is 0 Å². The molecule has 0 nitrogen and oxygen atoms in total. The smallest absolute Gasteiger partial charge is 1.00 e. The minimum Gasteiger partial charge on any atom is -1.00 e. The minimum atomic E-state index is 0. The van der Waals surface area contributed by atoms with Gasteiger partial charge in [0.15, 0.2) is 0 Å². The first-order chi connectivity index (χ1) is 10.7. The molecule has 0 aromatic heterocycles. The Hall–Kier alpha value is -0.370. The summed E-state index contributed by atoms with van der Waals surface area (Å²) in [6.07, 6.45) is 13.3. The van der Waals surface area contributed by atoms with E-state index in [9.17, 15) is 0 Å². The molecule has 3 aliphatic rings. The van der Waals surface area contributed by atoms with Crippen LogP contribution in [0.25, 0.3) is 20.0 Å². The van der Waals surface area contributed by atoms with Crippen molar-refractivity contribution in [2.24, 2.45) is 0 Å². The first kappa shape index (κ1) is 19.9. The summed E-state index contributed by atoms with van der Waals surface area (Å²) in [5.74, 6) is 0. The van der Waals surface area contributed by atoms with Gasteiger partial charge in [0.05, 0.1) is 0 Å². The molecule has 1 aromatic carbocycles. The van der Waals surface area contributed by atoms with Crippen LogP contribution < -0.4 is 35.3 Å². The molecule has 0 spiro atoms. The summed E-state index contributed by atoms with van der Waals surface area (Å²) in [6.45, 7) is 4.51. The van der Waals surface area contributed by atoms with Gasteiger partial charge in [-0.3, -0.25) is 0 Å². The van der Waals surface area contributed by atoms with Crippen LogP contribution in [-0.2, 0) is 24.4 Å². The molecule has 0 aliphatic heterocycles. The van der Waals surface area contributed by atoms with Crippen molar-refractivity contribution in [2.45, 2.75) is 46.0 Å². The number of hydrogen-bond acceptors (Lipinski definition) is 0. The Bertz CT molecular complexity index is 881. The van der Waals surface area contributed by atoms with E-state index in [0.29, 0.717) is 0 Å². The SMILES string of the molecule is CC(C)=c1ccc2c(c1C1=CC=CC1)C1=C(CCCC1)[C]=2[Hf+2].[Cl-].[Cl-]. The Balaban J connectivity index is 0.00000104. The molecule has 24 heavy (non-hydrogen) atoms. The van der Waals surface area contributed by atoms with E-state index in [4.69, 9.17) is 0 Å². The maximum atomic E-state index is 2.41. The van der Waals surface area contributed by atoms with Crippen LogP contribution in [0.15, 0.2) is 35.9 Å². The van der Waals surface area contributed by atoms with Gasteiger partial charge in [0.2, 0.25) is 0 Å². The molecule has 0 atom stereocenters. The number of benzene rings is 1. The number of halogens is 2. The molecule has 3 aliphatic carbocycles. The number of rotatable bonds is 1. The fourth-order valence-corrected chi connectivity index (χ4v) is 5.87. The summed E-state index contributed by atoms with van der Waals surface area (Å²) in [7, 11) is 0. The van der Waals surface area contributed by atoms with E-state index in [1.807, 2.05) is 0 Å². The van der Waals surface area contributed by atoms with Gasteiger partial charge in [-0.1, -0.05) is 0 Å². The Morgan fingerprint density at radius 2 is 1.67 bits per heavy atom. The van der Waals surface area contributed by atoms with Crippen LogP contribution in [0.4, 0.5) is 0 Å². The van der Waals surface area contributed by atoms with Crippen molar-refractivity contribution in [1.29, 1.82) is 0 Å². The van der Waals surface area contributed by atoms with Crippen molar-refractivity contribution in [3.05, 3.63) is 57.5 Å². The molecule has 0 heterocycles. The van der Waals surface area contributed by atoms with Crippen LogP contribution in [0, 0.1) is 0 Å². The summed E-state index contributed by atoms with van der Waals surface area (Å²) in [5.41, 5.74) is 9.51. The zero-order valence-electron chi connectivity index (χ0n) is 14.2. The second-order valence-electron chi connectivity index (χ2n) is 6.77. The van der Waals surface area contributed by atoms with Crippen LogP contribution in [-0.4, -0.2) is 0 Å². The second-order valence-corrected chi connectivity index (χ2v) is 8.57. The third-order valence-corrected chi connectivity index (χ3v) is 7.23. The Labute approximate surface area is 171 Å². The van der Waals surface area contributed by atoms with Gasteiger partial charge >= 0.3 is 148 Å². The molecule has 0 radical (unpaired) electrons. The van der Waals surface area contributed by atoms with Crippen molar-refractivity contribution in [2.75, 3.05) is 0 Å². The number of hydrogen-bond donors (Lipinski definition) is 0. The third kappa shape index (κ3) is 3.08. The summed E-state index contributed by atoms with van der Waals surface area (Å²) in [5, 5.41) is 3.02. The topological polar surface area (TPSA) is 0 Å². The normalized spacial score (nSPS) is 17.8. The predicted molar refractivity (Wildman–Crippen MR) is 91.0 cm³/mol. The average Bonchev–Trinajstić information content (AvgIpc) is 3.15. The molecular weight excluding hydrogens is 502 g/mol. The van der Waals surface area contributed by atoms with Gasteiger partial charge in [0.25, 0.3) is 0 Å². The van der Waals surface area contributed by atoms with E-state index in [1.54, 1.807) is 30.8 Å². The Morgan fingerprint density at radius 1 is 0.958 bits per heavy atom. The van der Waals surface area contributed by atoms with Crippen LogP contribution in [0.5, 0.6) is 0 Å². The van der Waals surface area contributed by atoms with E-state index in [2.05, 4.69) is 44.2 Å². The standard InChI is InChI=1S/C21H21.2ClH.Hf/c1-14(2)18-12-11-17-13-16-9-5-6-10-19(16)21(17)20(18)15-7-3-4-8-15;;;/h3-4,7,11-12H,5-6,8-10H2,1-2H3;2*1H;/q;;;+2/p-2. The molecule has 123 valence electrons. The molecule has 4 rings (SSSR count). The van der Waals surface area contributed by atoms with Gasteiger partial charge in [0.1, 0.15) is 0 Å². The average molecular weight is 523 g/mol. The molecule has 1 aromatic rings. The first-order valence-electron chi connectivity index (χ1n) is 8.33. The Kier molecular flexibility index (Phi) is 6.56. The third-order valence-electron chi connectivity index (χ3n) is 5.18. The maximum absolute atomic E-state index is 2.41. The summed E-state index contributed by atoms with van der Waals surface area (Å²) in [4.78, 5) is 0. The molecule has 3 heteroatoms. The van der Waals surface area contributed by atoms with Gasteiger partial charge in [-0.15, -0.1) is 0 Å². The molecule has 0 saturated heterocycles. The zero-order valence-corrected chi connectivity index (χ0v) is 19.3. The zero-order chi connectivity index (χ0) is 15.3. The van der Waals surface area contributed by atoms with E-state index in [1.165, 1.54) is 66.4 Å². The molecule has 0 amide bonds. The molecule has 0 bridgehead atoms. The predicted octanol–water partition coefficient (Wildman–Crippen LogP) is -1.78. The van der Waals surface area contributed by atoms with Crippen LogP contribution >= 0.6 is 0 Å². The van der Waals surface area contributed by atoms with Crippen LogP contribution in [0.1, 0.15) is 57.1 Å². The molecule has 0 N–H and O–H groups in total. The van der Waals surface area contributed by atoms with Gasteiger partial charge in [-0.2, -0.15) is 0 Å². The Morgan fingerprint density at radius 3 is 2.29 bits per heavy atom. The van der Waals surface area contributed by atoms with Crippen molar-refractivity contribution in [1.82, 2.24) is 0 Å². The molecule has 0 fully saturated rings. The number of fused-ring (bicyclic) bond motifs is 2. The maximum Gasteiger partial charge on any atom is -1.00 e. The van der Waals surface area contributed by atoms with Gasteiger partial charge in [-0.25, -0.2) is 0 Å². The second kappa shape index (κ2) is 7.89. The minimum absolute atomic E-state index is 0. The fraction of sp³-hybridized carbons (Fsp3) is 0.333. The summed E-state index contributed by atoms with van der Waals surface area (Å²) >= 11 is 1.17. The largest absolute Gasteiger partial charge is 1.00 e. The molecular formula is C21H21Cl2Hf. The van der Waals surface area contributed by atoms with Gasteiger partial charge in [-0.05, 0) is 0 Å². The first-order valence-corrected chi connectivity index (χ1v) is 10.1. The quantitative estimate of drug-likeness (QED) is 0.383. The summed E-state index contributed by atoms with van der Waals surface area (Å²) in [6, 6.07) is 4.78. The molecule has 0 saturated carbocycles. The van der Waals surface area contributed by atoms with Crippen molar-refractivity contribution < 1.29 is 49.2 Å². The van der Waals surface area contributed by atoms with Crippen molar-refractivity contribution in [3.63, 3.8) is 0 Å². The fourth-order valence-electron chi connectivity index (χ4n) is 4.13. The van der Waals surface area contributed by atoms with E-state index in [0.717, 1.165) is 6.42 Å². The van der Waals surface area contributed by atoms with Crippen LogP contribution in [0.3, 0.4) is 0 Å². The van der Waals surface area contributed by atoms with Gasteiger partial charge < -0.3 is 24.8 Å². The molecule has 0 unspecified atom stereocenters. The van der Waals surface area contributed by atoms with Crippen molar-refractivity contribution >= 4 is 20.0 Å². The number of allylic oxidation sites excluding steroid dienone is 6. The van der Waals surface area contributed by atoms with Gasteiger partial charge in [0, 0.05) is 0 Å². The van der Waals surface area contributed by atoms with E-state index >= 15 is 0 Å². The monoisotopic (exact) mass is 523 g/mol.